The van der Waals surface area contributed by atoms with Crippen molar-refractivity contribution in [2.45, 2.75) is 0 Å². The summed E-state index contributed by atoms with van der Waals surface area (Å²) in [7, 11) is 0. The van der Waals surface area contributed by atoms with Crippen LogP contribution in [-0.2, 0) is 0 Å². The fourth-order valence-corrected chi connectivity index (χ4v) is 3.24. The number of thiophene rings is 1. The van der Waals surface area contributed by atoms with Crippen LogP contribution < -0.4 is 0 Å². The first-order chi connectivity index (χ1) is 9.72. The van der Waals surface area contributed by atoms with E-state index < -0.39 is 11.6 Å². The molecule has 1 N–H and O–H groups in total. The van der Waals surface area contributed by atoms with Crippen LogP contribution >= 0.6 is 11.3 Å². The van der Waals surface area contributed by atoms with Crippen LogP contribution in [0.4, 0.5) is 8.78 Å². The lowest BCUT2D eigenvalue weighted by molar-refractivity contribution is 0.510. The molecule has 2 aromatic carbocycles. The maximum Gasteiger partial charge on any atom is 0.161 e. The molecule has 0 radical (unpaired) electrons. The summed E-state index contributed by atoms with van der Waals surface area (Å²) >= 11 is 1.62. The van der Waals surface area contributed by atoms with Gasteiger partial charge in [-0.15, -0.1) is 11.3 Å². The summed E-state index contributed by atoms with van der Waals surface area (Å²) in [5.41, 5.74) is 1.87. The van der Waals surface area contributed by atoms with Crippen molar-refractivity contribution in [2.24, 2.45) is 0 Å². The van der Waals surface area contributed by atoms with Gasteiger partial charge in [-0.2, -0.15) is 0 Å². The standard InChI is InChI=1S/C15H8F2N2S/c16-10-5-12-13(6-11(10)17)19-15(18-12)9-7-20-14-4-2-1-3-8(9)14/h1-7H,(H,18,19). The normalized spacial score (nSPS) is 11.5. The molecule has 0 bridgehead atoms. The molecule has 0 saturated carbocycles. The Balaban J connectivity index is 1.98. The Labute approximate surface area is 116 Å². The number of hydrogen-bond acceptors (Lipinski definition) is 2. The largest absolute Gasteiger partial charge is 0.338 e. The van der Waals surface area contributed by atoms with E-state index in [4.69, 9.17) is 0 Å². The van der Waals surface area contributed by atoms with Crippen molar-refractivity contribution in [3.63, 3.8) is 0 Å². The molecule has 0 unspecified atom stereocenters. The third-order valence-corrected chi connectivity index (χ3v) is 4.22. The summed E-state index contributed by atoms with van der Waals surface area (Å²) in [6.45, 7) is 0. The van der Waals surface area contributed by atoms with Gasteiger partial charge in [-0.1, -0.05) is 18.2 Å². The number of hydrogen-bond donors (Lipinski definition) is 1. The van der Waals surface area contributed by atoms with Crippen LogP contribution in [0, 0.1) is 11.6 Å². The molecule has 2 heterocycles. The molecular weight excluding hydrogens is 278 g/mol. The first-order valence-corrected chi connectivity index (χ1v) is 6.92. The van der Waals surface area contributed by atoms with Crippen LogP contribution in [0.3, 0.4) is 0 Å². The number of nitrogens with zero attached hydrogens (tertiary/aromatic N) is 1. The van der Waals surface area contributed by atoms with Crippen molar-refractivity contribution in [1.29, 1.82) is 0 Å². The third-order valence-electron chi connectivity index (χ3n) is 3.26. The van der Waals surface area contributed by atoms with Gasteiger partial charge in [-0.3, -0.25) is 0 Å². The number of H-pyrrole nitrogens is 1. The van der Waals surface area contributed by atoms with Crippen molar-refractivity contribution >= 4 is 32.5 Å². The highest BCUT2D eigenvalue weighted by Gasteiger charge is 2.12. The van der Waals surface area contributed by atoms with E-state index in [1.807, 2.05) is 29.6 Å². The minimum Gasteiger partial charge on any atom is -0.338 e. The number of aromatic nitrogens is 2. The number of fused-ring (bicyclic) bond motifs is 2. The fraction of sp³-hybridized carbons (Fsp3) is 0. The summed E-state index contributed by atoms with van der Waals surface area (Å²) in [6.07, 6.45) is 0. The summed E-state index contributed by atoms with van der Waals surface area (Å²) in [6, 6.07) is 10.2. The van der Waals surface area contributed by atoms with Crippen LogP contribution in [0.1, 0.15) is 0 Å². The zero-order valence-corrected chi connectivity index (χ0v) is 11.0. The third kappa shape index (κ3) is 1.63. The molecule has 0 atom stereocenters. The maximum absolute atomic E-state index is 13.2. The van der Waals surface area contributed by atoms with Gasteiger partial charge in [-0.25, -0.2) is 13.8 Å². The van der Waals surface area contributed by atoms with E-state index in [0.717, 1.165) is 27.8 Å². The van der Waals surface area contributed by atoms with Gasteiger partial charge in [0.05, 0.1) is 11.0 Å². The van der Waals surface area contributed by atoms with Gasteiger partial charge in [0.15, 0.2) is 11.6 Å². The van der Waals surface area contributed by atoms with E-state index in [1.165, 1.54) is 0 Å². The van der Waals surface area contributed by atoms with Gasteiger partial charge in [-0.05, 0) is 6.07 Å². The van der Waals surface area contributed by atoms with E-state index >= 15 is 0 Å². The van der Waals surface area contributed by atoms with Crippen LogP contribution in [0.2, 0.25) is 0 Å². The van der Waals surface area contributed by atoms with Gasteiger partial charge in [0.25, 0.3) is 0 Å². The SMILES string of the molecule is Fc1cc2nc(-c3csc4ccccc34)[nH]c2cc1F. The predicted octanol–water partition coefficient (Wildman–Crippen LogP) is 4.72. The van der Waals surface area contributed by atoms with E-state index in [1.54, 1.807) is 11.3 Å². The average Bonchev–Trinajstić information content (AvgIpc) is 3.02. The first kappa shape index (κ1) is 11.5. The zero-order valence-electron chi connectivity index (χ0n) is 10.2. The maximum atomic E-state index is 13.2. The molecule has 0 aliphatic carbocycles. The topological polar surface area (TPSA) is 28.7 Å². The highest BCUT2D eigenvalue weighted by Crippen LogP contribution is 2.33. The van der Waals surface area contributed by atoms with Crippen LogP contribution in [0.15, 0.2) is 41.8 Å². The Morgan fingerprint density at radius 1 is 1.05 bits per heavy atom. The van der Waals surface area contributed by atoms with E-state index in [2.05, 4.69) is 9.97 Å². The molecule has 2 nitrogen and oxygen atoms in total. The predicted molar refractivity (Wildman–Crippen MR) is 76.8 cm³/mol. The Hall–Kier alpha value is -2.27. The number of benzene rings is 2. The quantitative estimate of drug-likeness (QED) is 0.538. The smallest absolute Gasteiger partial charge is 0.161 e. The number of halogens is 2. The van der Waals surface area contributed by atoms with Gasteiger partial charge in [0.2, 0.25) is 0 Å². The molecular formula is C15H8F2N2S. The molecule has 0 aliphatic heterocycles. The molecule has 5 heteroatoms. The molecule has 2 aromatic heterocycles. The van der Waals surface area contributed by atoms with Gasteiger partial charge in [0.1, 0.15) is 5.82 Å². The molecule has 4 rings (SSSR count). The highest BCUT2D eigenvalue weighted by molar-refractivity contribution is 7.17. The van der Waals surface area contributed by atoms with Crippen molar-refractivity contribution in [2.75, 3.05) is 0 Å². The number of aromatic amines is 1. The Bertz CT molecular complexity index is 901. The summed E-state index contributed by atoms with van der Waals surface area (Å²) in [4.78, 5) is 7.40. The average molecular weight is 286 g/mol. The van der Waals surface area contributed by atoms with E-state index in [0.29, 0.717) is 16.9 Å². The lowest BCUT2D eigenvalue weighted by Gasteiger charge is -1.93. The lowest BCUT2D eigenvalue weighted by atomic mass is 10.2. The highest BCUT2D eigenvalue weighted by atomic mass is 32.1. The molecule has 0 spiro atoms. The van der Waals surface area contributed by atoms with Crippen molar-refractivity contribution in [3.8, 4) is 11.4 Å². The van der Waals surface area contributed by atoms with Crippen LogP contribution in [0.5, 0.6) is 0 Å². The second-order valence-electron chi connectivity index (χ2n) is 4.51. The van der Waals surface area contributed by atoms with E-state index in [-0.39, 0.29) is 0 Å². The van der Waals surface area contributed by atoms with Gasteiger partial charge < -0.3 is 4.98 Å². The monoisotopic (exact) mass is 286 g/mol. The van der Waals surface area contributed by atoms with Gasteiger partial charge in [0, 0.05) is 33.2 Å². The van der Waals surface area contributed by atoms with Crippen molar-refractivity contribution < 1.29 is 8.78 Å². The summed E-state index contributed by atoms with van der Waals surface area (Å²) < 4.78 is 27.6. The minimum absolute atomic E-state index is 0.425. The summed E-state index contributed by atoms with van der Waals surface area (Å²) in [5.74, 6) is -1.13. The molecule has 0 saturated heterocycles. The van der Waals surface area contributed by atoms with Crippen molar-refractivity contribution in [3.05, 3.63) is 53.4 Å². The second-order valence-corrected chi connectivity index (χ2v) is 5.43. The molecule has 20 heavy (non-hydrogen) atoms. The molecule has 98 valence electrons. The van der Waals surface area contributed by atoms with Crippen LogP contribution in [-0.4, -0.2) is 9.97 Å². The lowest BCUT2D eigenvalue weighted by Crippen LogP contribution is -1.82. The number of rotatable bonds is 1. The molecule has 0 amide bonds. The van der Waals surface area contributed by atoms with Crippen LogP contribution in [0.25, 0.3) is 32.5 Å². The molecule has 4 aromatic rings. The van der Waals surface area contributed by atoms with Crippen molar-refractivity contribution in [1.82, 2.24) is 9.97 Å². The summed E-state index contributed by atoms with van der Waals surface area (Å²) in [5, 5.41) is 3.08. The second kappa shape index (κ2) is 4.11. The zero-order chi connectivity index (χ0) is 13.7. The molecule has 0 aliphatic rings. The number of nitrogens with one attached hydrogen (secondary N) is 1. The fourth-order valence-electron chi connectivity index (χ4n) is 2.29. The molecule has 0 fully saturated rings. The first-order valence-electron chi connectivity index (χ1n) is 6.04. The number of imidazole rings is 1. The Kier molecular flexibility index (Phi) is 2.37. The Morgan fingerprint density at radius 2 is 1.85 bits per heavy atom. The Morgan fingerprint density at radius 3 is 2.75 bits per heavy atom. The van der Waals surface area contributed by atoms with E-state index in [9.17, 15) is 8.78 Å². The minimum atomic E-state index is -0.884. The van der Waals surface area contributed by atoms with Gasteiger partial charge >= 0.3 is 0 Å².